The number of methoxy groups -OCH3 is 1. The number of amides is 1. The maximum Gasteiger partial charge on any atom is 0.239 e. The zero-order valence-electron chi connectivity index (χ0n) is 10.00. The molecule has 1 amide bonds. The molecule has 0 aromatic heterocycles. The van der Waals surface area contributed by atoms with Crippen molar-refractivity contribution in [3.05, 3.63) is 22.7 Å². The molecule has 0 spiro atoms. The van der Waals surface area contributed by atoms with Gasteiger partial charge in [0, 0.05) is 17.1 Å². The maximum absolute atomic E-state index is 11.4. The zero-order chi connectivity index (χ0) is 13.4. The van der Waals surface area contributed by atoms with E-state index in [1.807, 2.05) is 18.2 Å². The van der Waals surface area contributed by atoms with Gasteiger partial charge in [0.25, 0.3) is 0 Å². The van der Waals surface area contributed by atoms with Gasteiger partial charge in [-0.15, -0.1) is 0 Å². The SMILES string of the molecule is COc1ccc(Br)c(NCC(=O)NCCC#N)c1. The summed E-state index contributed by atoms with van der Waals surface area (Å²) >= 11 is 3.38. The topological polar surface area (TPSA) is 74.2 Å². The number of halogens is 1. The average molecular weight is 312 g/mol. The first-order valence-corrected chi connectivity index (χ1v) is 6.17. The molecule has 0 atom stereocenters. The van der Waals surface area contributed by atoms with Crippen molar-refractivity contribution in [2.24, 2.45) is 0 Å². The molecule has 0 aliphatic carbocycles. The van der Waals surface area contributed by atoms with Crippen molar-refractivity contribution >= 4 is 27.5 Å². The number of nitriles is 1. The molecule has 18 heavy (non-hydrogen) atoms. The van der Waals surface area contributed by atoms with Crippen molar-refractivity contribution in [1.82, 2.24) is 5.32 Å². The minimum Gasteiger partial charge on any atom is -0.497 e. The summed E-state index contributed by atoms with van der Waals surface area (Å²) < 4.78 is 5.95. The Morgan fingerprint density at radius 1 is 1.56 bits per heavy atom. The van der Waals surface area contributed by atoms with E-state index in [1.54, 1.807) is 13.2 Å². The van der Waals surface area contributed by atoms with Gasteiger partial charge in [-0.3, -0.25) is 4.79 Å². The van der Waals surface area contributed by atoms with Crippen LogP contribution in [0.2, 0.25) is 0 Å². The molecule has 1 aromatic carbocycles. The molecule has 0 radical (unpaired) electrons. The molecule has 96 valence electrons. The Bertz CT molecular complexity index is 457. The predicted octanol–water partition coefficient (Wildman–Crippen LogP) is 1.90. The van der Waals surface area contributed by atoms with Crippen LogP contribution < -0.4 is 15.4 Å². The second-order valence-electron chi connectivity index (χ2n) is 3.46. The fourth-order valence-electron chi connectivity index (χ4n) is 1.26. The first-order chi connectivity index (χ1) is 8.67. The highest BCUT2D eigenvalue weighted by atomic mass is 79.9. The second-order valence-corrected chi connectivity index (χ2v) is 4.31. The van der Waals surface area contributed by atoms with Crippen LogP contribution in [-0.4, -0.2) is 26.1 Å². The summed E-state index contributed by atoms with van der Waals surface area (Å²) in [5.74, 6) is 0.561. The molecule has 0 aliphatic rings. The highest BCUT2D eigenvalue weighted by Gasteiger charge is 2.04. The van der Waals surface area contributed by atoms with Crippen molar-refractivity contribution in [2.75, 3.05) is 25.5 Å². The molecule has 0 saturated heterocycles. The molecule has 1 rings (SSSR count). The summed E-state index contributed by atoms with van der Waals surface area (Å²) in [5, 5.41) is 14.0. The Hall–Kier alpha value is -1.74. The lowest BCUT2D eigenvalue weighted by molar-refractivity contribution is -0.119. The van der Waals surface area contributed by atoms with Gasteiger partial charge in [0.05, 0.1) is 31.8 Å². The van der Waals surface area contributed by atoms with Crippen LogP contribution in [0.15, 0.2) is 22.7 Å². The summed E-state index contributed by atoms with van der Waals surface area (Å²) in [6.07, 6.45) is 0.314. The van der Waals surface area contributed by atoms with Crippen LogP contribution in [0, 0.1) is 11.3 Å². The summed E-state index contributed by atoms with van der Waals surface area (Å²) in [4.78, 5) is 11.4. The van der Waals surface area contributed by atoms with Crippen LogP contribution in [0.25, 0.3) is 0 Å². The number of anilines is 1. The number of carbonyl (C=O) groups excluding carboxylic acids is 1. The number of rotatable bonds is 6. The number of benzene rings is 1. The van der Waals surface area contributed by atoms with E-state index in [9.17, 15) is 4.79 Å². The van der Waals surface area contributed by atoms with Crippen molar-refractivity contribution in [3.63, 3.8) is 0 Å². The van der Waals surface area contributed by atoms with Crippen LogP contribution in [0.4, 0.5) is 5.69 Å². The van der Waals surface area contributed by atoms with E-state index in [0.717, 1.165) is 10.2 Å². The van der Waals surface area contributed by atoms with Crippen LogP contribution in [0.1, 0.15) is 6.42 Å². The van der Waals surface area contributed by atoms with Gasteiger partial charge in [0.15, 0.2) is 0 Å². The molecule has 0 fully saturated rings. The zero-order valence-corrected chi connectivity index (χ0v) is 11.6. The van der Waals surface area contributed by atoms with E-state index in [-0.39, 0.29) is 12.5 Å². The molecule has 0 heterocycles. The van der Waals surface area contributed by atoms with E-state index >= 15 is 0 Å². The molecule has 1 aromatic rings. The third kappa shape index (κ3) is 4.63. The largest absolute Gasteiger partial charge is 0.497 e. The molecule has 0 aliphatic heterocycles. The number of nitrogens with zero attached hydrogens (tertiary/aromatic N) is 1. The van der Waals surface area contributed by atoms with Crippen molar-refractivity contribution in [3.8, 4) is 11.8 Å². The third-order valence-corrected chi connectivity index (χ3v) is 2.86. The molecule has 5 nitrogen and oxygen atoms in total. The van der Waals surface area contributed by atoms with Crippen LogP contribution in [0.3, 0.4) is 0 Å². The van der Waals surface area contributed by atoms with Gasteiger partial charge in [0.1, 0.15) is 5.75 Å². The molecule has 0 bridgehead atoms. The van der Waals surface area contributed by atoms with Gasteiger partial charge in [-0.2, -0.15) is 5.26 Å². The molecular weight excluding hydrogens is 298 g/mol. The van der Waals surface area contributed by atoms with Gasteiger partial charge in [0.2, 0.25) is 5.91 Å². The lowest BCUT2D eigenvalue weighted by Gasteiger charge is -2.10. The molecular formula is C12H14BrN3O2. The monoisotopic (exact) mass is 311 g/mol. The Labute approximate surface area is 114 Å². The van der Waals surface area contributed by atoms with E-state index in [1.165, 1.54) is 0 Å². The molecule has 6 heteroatoms. The van der Waals surface area contributed by atoms with Gasteiger partial charge in [-0.25, -0.2) is 0 Å². The lowest BCUT2D eigenvalue weighted by Crippen LogP contribution is -2.30. The summed E-state index contributed by atoms with van der Waals surface area (Å²) in [5.41, 5.74) is 0.782. The number of nitrogens with one attached hydrogen (secondary N) is 2. The fraction of sp³-hybridized carbons (Fsp3) is 0.333. The number of hydrogen-bond acceptors (Lipinski definition) is 4. The average Bonchev–Trinajstić information content (AvgIpc) is 2.38. The fourth-order valence-corrected chi connectivity index (χ4v) is 1.65. The number of ether oxygens (including phenoxy) is 1. The van der Waals surface area contributed by atoms with E-state index in [2.05, 4.69) is 26.6 Å². The summed E-state index contributed by atoms with van der Waals surface area (Å²) in [6.45, 7) is 0.521. The first-order valence-electron chi connectivity index (χ1n) is 5.38. The van der Waals surface area contributed by atoms with Crippen molar-refractivity contribution < 1.29 is 9.53 Å². The highest BCUT2D eigenvalue weighted by Crippen LogP contribution is 2.26. The normalized spacial score (nSPS) is 9.39. The predicted molar refractivity (Wildman–Crippen MR) is 72.4 cm³/mol. The van der Waals surface area contributed by atoms with Crippen molar-refractivity contribution in [1.29, 1.82) is 5.26 Å². The third-order valence-electron chi connectivity index (χ3n) is 2.17. The summed E-state index contributed by atoms with van der Waals surface area (Å²) in [7, 11) is 1.58. The molecule has 2 N–H and O–H groups in total. The van der Waals surface area contributed by atoms with Crippen LogP contribution >= 0.6 is 15.9 Å². The minimum atomic E-state index is -0.153. The molecule has 0 saturated carbocycles. The maximum atomic E-state index is 11.4. The van der Waals surface area contributed by atoms with Gasteiger partial charge >= 0.3 is 0 Å². The Kier molecular flexibility index (Phi) is 6.01. The Morgan fingerprint density at radius 2 is 2.33 bits per heavy atom. The number of carbonyl (C=O) groups is 1. The molecule has 0 unspecified atom stereocenters. The Morgan fingerprint density at radius 3 is 3.00 bits per heavy atom. The van der Waals surface area contributed by atoms with E-state index in [0.29, 0.717) is 18.7 Å². The van der Waals surface area contributed by atoms with E-state index in [4.69, 9.17) is 10.00 Å². The summed E-state index contributed by atoms with van der Waals surface area (Å²) in [6, 6.07) is 7.42. The van der Waals surface area contributed by atoms with Crippen molar-refractivity contribution in [2.45, 2.75) is 6.42 Å². The quantitative estimate of drug-likeness (QED) is 0.787. The second kappa shape index (κ2) is 7.56. The van der Waals surface area contributed by atoms with Gasteiger partial charge in [-0.1, -0.05) is 0 Å². The van der Waals surface area contributed by atoms with Crippen LogP contribution in [0.5, 0.6) is 5.75 Å². The minimum absolute atomic E-state index is 0.150. The van der Waals surface area contributed by atoms with Gasteiger partial charge < -0.3 is 15.4 Å². The van der Waals surface area contributed by atoms with Gasteiger partial charge in [-0.05, 0) is 28.1 Å². The highest BCUT2D eigenvalue weighted by molar-refractivity contribution is 9.10. The smallest absolute Gasteiger partial charge is 0.239 e. The lowest BCUT2D eigenvalue weighted by atomic mass is 10.3. The van der Waals surface area contributed by atoms with E-state index < -0.39 is 0 Å². The van der Waals surface area contributed by atoms with Crippen LogP contribution in [-0.2, 0) is 4.79 Å². The Balaban J connectivity index is 2.48. The number of hydrogen-bond donors (Lipinski definition) is 2. The standard InChI is InChI=1S/C12H14BrN3O2/c1-18-9-3-4-10(13)11(7-9)16-8-12(17)15-6-2-5-14/h3-4,7,16H,2,6,8H2,1H3,(H,15,17). The first kappa shape index (κ1) is 14.3.